The molecule has 0 aromatic heterocycles. The summed E-state index contributed by atoms with van der Waals surface area (Å²) in [6.45, 7) is 0.286. The molecule has 9 heteroatoms. The van der Waals surface area contributed by atoms with Gasteiger partial charge in [-0.25, -0.2) is 0 Å². The minimum atomic E-state index is -1.06. The molecule has 4 atom stereocenters. The minimum Gasteiger partial charge on any atom is -0.493 e. The van der Waals surface area contributed by atoms with E-state index < -0.39 is 24.2 Å². The van der Waals surface area contributed by atoms with Gasteiger partial charge in [-0.3, -0.25) is 9.59 Å². The molecular weight excluding hydrogens is 548 g/mol. The lowest BCUT2D eigenvalue weighted by atomic mass is 9.49. The number of benzene rings is 1. The average Bonchev–Trinajstić information content (AvgIpc) is 3.67. The topological polar surface area (TPSA) is 129 Å². The summed E-state index contributed by atoms with van der Waals surface area (Å²) < 4.78 is 12.0. The summed E-state index contributed by atoms with van der Waals surface area (Å²) in [6.07, 6.45) is 11.1. The number of ether oxygens (including phenoxy) is 2. The van der Waals surface area contributed by atoms with Gasteiger partial charge in [0.05, 0.1) is 32.3 Å². The van der Waals surface area contributed by atoms with Gasteiger partial charge in [-0.05, 0) is 98.3 Å². The number of hydrogen-bond acceptors (Lipinski definition) is 7. The van der Waals surface area contributed by atoms with Crippen LogP contribution in [-0.4, -0.2) is 77.1 Å². The van der Waals surface area contributed by atoms with Crippen LogP contribution in [0.1, 0.15) is 81.3 Å². The molecule has 1 aliphatic heterocycles. The molecule has 1 heterocycles. The van der Waals surface area contributed by atoms with Crippen molar-refractivity contribution in [2.45, 2.75) is 95.0 Å². The second kappa shape index (κ2) is 11.4. The monoisotopic (exact) mass is 594 g/mol. The van der Waals surface area contributed by atoms with Crippen LogP contribution in [0.4, 0.5) is 0 Å². The molecule has 43 heavy (non-hydrogen) atoms. The highest BCUT2D eigenvalue weighted by Gasteiger charge is 2.55. The van der Waals surface area contributed by atoms with Crippen molar-refractivity contribution in [3.05, 3.63) is 34.9 Å². The number of aliphatic hydroxyl groups excluding tert-OH is 3. The van der Waals surface area contributed by atoms with E-state index in [1.807, 2.05) is 11.0 Å². The number of methoxy groups -OCH3 is 1. The van der Waals surface area contributed by atoms with E-state index >= 15 is 0 Å². The van der Waals surface area contributed by atoms with Crippen LogP contribution in [0.15, 0.2) is 23.8 Å². The maximum Gasteiger partial charge on any atom is 0.247 e. The van der Waals surface area contributed by atoms with E-state index in [0.717, 1.165) is 62.7 Å². The van der Waals surface area contributed by atoms with Gasteiger partial charge in [-0.1, -0.05) is 12.8 Å². The number of carbonyl (C=O) groups is 2. The Hall–Kier alpha value is -2.62. The summed E-state index contributed by atoms with van der Waals surface area (Å²) in [5.41, 5.74) is 1.77. The van der Waals surface area contributed by atoms with Crippen LogP contribution >= 0.6 is 0 Å². The molecule has 6 aliphatic carbocycles. The Bertz CT molecular complexity index is 1250. The van der Waals surface area contributed by atoms with Crippen molar-refractivity contribution in [2.24, 2.45) is 29.1 Å². The Morgan fingerprint density at radius 2 is 1.74 bits per heavy atom. The minimum absolute atomic E-state index is 0.0610. The van der Waals surface area contributed by atoms with Crippen LogP contribution in [0.5, 0.6) is 11.5 Å². The van der Waals surface area contributed by atoms with Crippen molar-refractivity contribution >= 4 is 11.8 Å². The second-order valence-corrected chi connectivity index (χ2v) is 14.4. The summed E-state index contributed by atoms with van der Waals surface area (Å²) in [5.74, 6) is 2.14. The number of aliphatic hydroxyl groups is 3. The first-order chi connectivity index (χ1) is 20.8. The van der Waals surface area contributed by atoms with Crippen molar-refractivity contribution in [1.82, 2.24) is 10.2 Å². The first-order valence-corrected chi connectivity index (χ1v) is 16.4. The largest absolute Gasteiger partial charge is 0.493 e. The molecule has 234 valence electrons. The maximum absolute atomic E-state index is 14.4. The van der Waals surface area contributed by atoms with Crippen molar-refractivity contribution < 1.29 is 34.4 Å². The summed E-state index contributed by atoms with van der Waals surface area (Å²) in [5, 5.41) is 34.3. The van der Waals surface area contributed by atoms with Gasteiger partial charge in [0.15, 0.2) is 11.5 Å². The van der Waals surface area contributed by atoms with Gasteiger partial charge in [0.1, 0.15) is 12.2 Å². The number of carbonyl (C=O) groups excluding carboxylic acids is 2. The molecular formula is C34H46N2O7. The molecule has 0 radical (unpaired) electrons. The zero-order valence-electron chi connectivity index (χ0n) is 25.2. The highest BCUT2D eigenvalue weighted by molar-refractivity contribution is 5.96. The Morgan fingerprint density at radius 1 is 1.07 bits per heavy atom. The smallest absolute Gasteiger partial charge is 0.247 e. The van der Waals surface area contributed by atoms with Crippen LogP contribution in [0.2, 0.25) is 0 Å². The Kier molecular flexibility index (Phi) is 7.71. The summed E-state index contributed by atoms with van der Waals surface area (Å²) in [6, 6.07) is 2.80. The normalized spacial score (nSPS) is 35.6. The SMILES string of the molecule is COc1cc(CO)cc2c1O[C@@H]1[C@@H](O)[C@H](N(CC34CC5CC(CC(C5)C3)C4)C(=O)C3CCCC3)C=C(C(=O)NCCO)[C@H]21. The van der Waals surface area contributed by atoms with Gasteiger partial charge in [0, 0.05) is 30.1 Å². The van der Waals surface area contributed by atoms with Crippen molar-refractivity contribution in [2.75, 3.05) is 26.8 Å². The fourth-order valence-electron chi connectivity index (χ4n) is 10.2. The fourth-order valence-corrected chi connectivity index (χ4v) is 10.2. The molecule has 5 saturated carbocycles. The van der Waals surface area contributed by atoms with Crippen LogP contribution in [0, 0.1) is 29.1 Å². The zero-order chi connectivity index (χ0) is 29.9. The fraction of sp³-hybridized carbons (Fsp3) is 0.706. The number of fused-ring (bicyclic) bond motifs is 3. The molecule has 1 aromatic carbocycles. The number of nitrogens with one attached hydrogen (secondary N) is 1. The second-order valence-electron chi connectivity index (χ2n) is 14.4. The molecule has 1 aromatic rings. The first kappa shape index (κ1) is 29.1. The third kappa shape index (κ3) is 5.05. The van der Waals surface area contributed by atoms with Gasteiger partial charge in [-0.15, -0.1) is 0 Å². The van der Waals surface area contributed by atoms with Gasteiger partial charge < -0.3 is 35.0 Å². The predicted molar refractivity (Wildman–Crippen MR) is 158 cm³/mol. The highest BCUT2D eigenvalue weighted by Crippen LogP contribution is 2.61. The number of hydrogen-bond donors (Lipinski definition) is 4. The first-order valence-electron chi connectivity index (χ1n) is 16.4. The van der Waals surface area contributed by atoms with E-state index in [2.05, 4.69) is 5.32 Å². The summed E-state index contributed by atoms with van der Waals surface area (Å²) in [4.78, 5) is 30.1. The van der Waals surface area contributed by atoms with E-state index in [1.165, 1.54) is 26.4 Å². The molecule has 5 fully saturated rings. The van der Waals surface area contributed by atoms with Gasteiger partial charge in [0.25, 0.3) is 0 Å². The zero-order valence-corrected chi connectivity index (χ0v) is 25.2. The van der Waals surface area contributed by atoms with Gasteiger partial charge in [-0.2, -0.15) is 0 Å². The molecule has 4 bridgehead atoms. The van der Waals surface area contributed by atoms with Crippen LogP contribution in [-0.2, 0) is 16.2 Å². The number of rotatable bonds is 9. The lowest BCUT2D eigenvalue weighted by Gasteiger charge is -2.58. The molecule has 0 unspecified atom stereocenters. The maximum atomic E-state index is 14.4. The van der Waals surface area contributed by atoms with Crippen molar-refractivity contribution in [3.63, 3.8) is 0 Å². The summed E-state index contributed by atoms with van der Waals surface area (Å²) >= 11 is 0. The van der Waals surface area contributed by atoms with E-state index in [-0.39, 0.29) is 42.9 Å². The van der Waals surface area contributed by atoms with Crippen LogP contribution in [0.25, 0.3) is 0 Å². The molecule has 7 aliphatic rings. The van der Waals surface area contributed by atoms with Crippen molar-refractivity contribution in [3.8, 4) is 11.5 Å². The van der Waals surface area contributed by atoms with E-state index in [4.69, 9.17) is 9.47 Å². The van der Waals surface area contributed by atoms with Gasteiger partial charge in [0.2, 0.25) is 11.8 Å². The van der Waals surface area contributed by atoms with Crippen molar-refractivity contribution in [1.29, 1.82) is 0 Å². The molecule has 4 N–H and O–H groups in total. The van der Waals surface area contributed by atoms with E-state index in [1.54, 1.807) is 12.1 Å². The molecule has 0 saturated heterocycles. The third-order valence-electron chi connectivity index (χ3n) is 11.5. The lowest BCUT2D eigenvalue weighted by Crippen LogP contribution is -2.60. The van der Waals surface area contributed by atoms with Gasteiger partial charge >= 0.3 is 0 Å². The molecule has 9 nitrogen and oxygen atoms in total. The average molecular weight is 595 g/mol. The Morgan fingerprint density at radius 3 is 2.35 bits per heavy atom. The van der Waals surface area contributed by atoms with Crippen LogP contribution < -0.4 is 14.8 Å². The lowest BCUT2D eigenvalue weighted by molar-refractivity contribution is -0.149. The Labute approximate surface area is 253 Å². The molecule has 0 spiro atoms. The van der Waals surface area contributed by atoms with E-state index in [0.29, 0.717) is 34.7 Å². The predicted octanol–water partition coefficient (Wildman–Crippen LogP) is 3.05. The standard InChI is InChI=1S/C34H46N2O7/c1-42-27-12-22(17-38)11-24-28-25(32(40)35-6-7-37)13-26(29(39)31(28)43-30(24)27)36(33(41)23-4-2-3-5-23)18-34-14-19-8-20(15-34)10-21(9-19)16-34/h11-13,19-21,23,26,28-29,31,37-39H,2-10,14-18H2,1H3,(H,35,40)/t19?,20?,21?,26-,28+,29+,31+,34?/m1/s1. The molecule has 2 amide bonds. The quantitative estimate of drug-likeness (QED) is 0.346. The number of nitrogens with zero attached hydrogens (tertiary/aromatic N) is 1. The highest BCUT2D eigenvalue weighted by atomic mass is 16.5. The molecule has 8 rings (SSSR count). The Balaban J connectivity index is 1.29. The van der Waals surface area contributed by atoms with E-state index in [9.17, 15) is 24.9 Å². The number of amides is 2. The van der Waals surface area contributed by atoms with Crippen LogP contribution in [0.3, 0.4) is 0 Å². The summed E-state index contributed by atoms with van der Waals surface area (Å²) in [7, 11) is 1.53. The third-order valence-corrected chi connectivity index (χ3v) is 11.5.